The minimum Gasteiger partial charge on any atom is -0.350 e. The van der Waals surface area contributed by atoms with E-state index < -0.39 is 6.03 Å². The number of hydrazone groups is 1. The third-order valence-corrected chi connectivity index (χ3v) is 3.90. The maximum Gasteiger partial charge on any atom is 0.332 e. The van der Waals surface area contributed by atoms with E-state index >= 15 is 0 Å². The maximum atomic E-state index is 10.4. The van der Waals surface area contributed by atoms with Crippen LogP contribution in [0.1, 0.15) is 26.7 Å². The van der Waals surface area contributed by atoms with Crippen LogP contribution in [0.4, 0.5) is 4.79 Å². The van der Waals surface area contributed by atoms with Crippen LogP contribution < -0.4 is 11.2 Å². The van der Waals surface area contributed by atoms with Crippen LogP contribution in [0, 0.1) is 17.3 Å². The monoisotopic (exact) mass is 207 g/mol. The molecule has 4 heteroatoms. The number of carbonyl (C=O) groups excluding carboxylic acids is 1. The predicted molar refractivity (Wildman–Crippen MR) is 59.3 cm³/mol. The lowest BCUT2D eigenvalue weighted by atomic mass is 9.49. The van der Waals surface area contributed by atoms with Gasteiger partial charge >= 0.3 is 6.03 Å². The highest BCUT2D eigenvalue weighted by Crippen LogP contribution is 2.58. The molecule has 3 aliphatic rings. The van der Waals surface area contributed by atoms with Crippen molar-refractivity contribution in [2.75, 3.05) is 0 Å². The molecule has 0 aromatic rings. The van der Waals surface area contributed by atoms with Gasteiger partial charge in [0.2, 0.25) is 0 Å². The van der Waals surface area contributed by atoms with Gasteiger partial charge in [-0.15, -0.1) is 0 Å². The van der Waals surface area contributed by atoms with Crippen LogP contribution in [0.2, 0.25) is 0 Å². The summed E-state index contributed by atoms with van der Waals surface area (Å²) in [5, 5.41) is 3.82. The van der Waals surface area contributed by atoms with Crippen molar-refractivity contribution in [3.63, 3.8) is 0 Å². The van der Waals surface area contributed by atoms with Gasteiger partial charge in [-0.05, 0) is 35.7 Å². The van der Waals surface area contributed by atoms with Crippen LogP contribution in [0.15, 0.2) is 16.8 Å². The molecule has 82 valence electrons. The maximum absolute atomic E-state index is 10.4. The SMILES string of the molecule is CC1(C)[C@@H]2CC=C(/C=N\NC(N)=O)[C@H]1C2. The van der Waals surface area contributed by atoms with Crippen molar-refractivity contribution in [3.8, 4) is 0 Å². The molecule has 3 N–H and O–H groups in total. The first-order valence-corrected chi connectivity index (χ1v) is 5.30. The summed E-state index contributed by atoms with van der Waals surface area (Å²) >= 11 is 0. The molecule has 2 atom stereocenters. The Bertz CT molecular complexity index is 344. The van der Waals surface area contributed by atoms with E-state index in [-0.39, 0.29) is 0 Å². The molecule has 3 aliphatic carbocycles. The molecule has 2 amide bonds. The number of primary amides is 1. The second kappa shape index (κ2) is 3.36. The number of nitrogens with two attached hydrogens (primary N) is 1. The van der Waals surface area contributed by atoms with Gasteiger partial charge in [0.1, 0.15) is 0 Å². The van der Waals surface area contributed by atoms with E-state index in [1.807, 2.05) is 0 Å². The summed E-state index contributed by atoms with van der Waals surface area (Å²) in [5.74, 6) is 1.42. The molecule has 0 spiro atoms. The molecular weight excluding hydrogens is 190 g/mol. The van der Waals surface area contributed by atoms with Gasteiger partial charge in [0.05, 0.1) is 6.21 Å². The second-order valence-corrected chi connectivity index (χ2v) is 4.98. The lowest BCUT2D eigenvalue weighted by molar-refractivity contribution is -0.00126. The second-order valence-electron chi connectivity index (χ2n) is 4.98. The number of rotatable bonds is 2. The Labute approximate surface area is 89.6 Å². The molecule has 0 aromatic carbocycles. The van der Waals surface area contributed by atoms with Crippen LogP contribution in [0.25, 0.3) is 0 Å². The predicted octanol–water partition coefficient (Wildman–Crippen LogP) is 1.63. The zero-order valence-electron chi connectivity index (χ0n) is 9.16. The molecule has 0 unspecified atom stereocenters. The normalized spacial score (nSPS) is 32.0. The van der Waals surface area contributed by atoms with Gasteiger partial charge in [-0.2, -0.15) is 5.10 Å². The Morgan fingerprint density at radius 3 is 3.00 bits per heavy atom. The van der Waals surface area contributed by atoms with Crippen LogP contribution in [0.5, 0.6) is 0 Å². The summed E-state index contributed by atoms with van der Waals surface area (Å²) in [7, 11) is 0. The molecule has 2 bridgehead atoms. The Kier molecular flexibility index (Phi) is 2.29. The number of carbonyl (C=O) groups is 1. The third-order valence-electron chi connectivity index (χ3n) is 3.90. The summed E-state index contributed by atoms with van der Waals surface area (Å²) < 4.78 is 0. The smallest absolute Gasteiger partial charge is 0.332 e. The van der Waals surface area contributed by atoms with Crippen LogP contribution in [-0.2, 0) is 0 Å². The molecule has 1 saturated carbocycles. The fourth-order valence-corrected chi connectivity index (χ4v) is 2.72. The van der Waals surface area contributed by atoms with Crippen molar-refractivity contribution in [1.82, 2.24) is 5.43 Å². The van der Waals surface area contributed by atoms with E-state index in [0.717, 1.165) is 12.3 Å². The fraction of sp³-hybridized carbons (Fsp3) is 0.636. The van der Waals surface area contributed by atoms with Gasteiger partial charge in [-0.25, -0.2) is 10.2 Å². The number of nitrogens with zero attached hydrogens (tertiary/aromatic N) is 1. The molecule has 3 rings (SSSR count). The van der Waals surface area contributed by atoms with E-state index in [1.165, 1.54) is 12.0 Å². The van der Waals surface area contributed by atoms with Gasteiger partial charge < -0.3 is 5.73 Å². The van der Waals surface area contributed by atoms with E-state index in [9.17, 15) is 4.79 Å². The zero-order chi connectivity index (χ0) is 11.1. The van der Waals surface area contributed by atoms with Crippen LogP contribution in [-0.4, -0.2) is 12.2 Å². The summed E-state index contributed by atoms with van der Waals surface area (Å²) in [6.45, 7) is 4.60. The highest BCUT2D eigenvalue weighted by Gasteiger charge is 2.50. The van der Waals surface area contributed by atoms with Gasteiger partial charge in [0.15, 0.2) is 0 Å². The molecule has 0 heterocycles. The van der Waals surface area contributed by atoms with Crippen molar-refractivity contribution >= 4 is 12.2 Å². The number of urea groups is 1. The van der Waals surface area contributed by atoms with Gasteiger partial charge in [-0.3, -0.25) is 0 Å². The average Bonchev–Trinajstić information content (AvgIpc) is 2.17. The number of nitrogens with one attached hydrogen (secondary N) is 1. The Morgan fingerprint density at radius 1 is 1.73 bits per heavy atom. The molecule has 0 radical (unpaired) electrons. The van der Waals surface area contributed by atoms with Gasteiger partial charge in [0, 0.05) is 0 Å². The number of hydrogen-bond acceptors (Lipinski definition) is 2. The number of allylic oxidation sites excluding steroid dienone is 2. The number of amides is 2. The Balaban J connectivity index is 2.02. The van der Waals surface area contributed by atoms with Crippen LogP contribution >= 0.6 is 0 Å². The van der Waals surface area contributed by atoms with Crippen molar-refractivity contribution in [1.29, 1.82) is 0 Å². The minimum absolute atomic E-state index is 0.392. The molecule has 0 saturated heterocycles. The number of fused-ring (bicyclic) bond motifs is 1. The highest BCUT2D eigenvalue weighted by atomic mass is 16.2. The number of hydrogen-bond donors (Lipinski definition) is 2. The largest absolute Gasteiger partial charge is 0.350 e. The molecule has 1 fully saturated rings. The lowest BCUT2D eigenvalue weighted by Crippen LogP contribution is -2.48. The van der Waals surface area contributed by atoms with Gasteiger partial charge in [0.25, 0.3) is 0 Å². The zero-order valence-corrected chi connectivity index (χ0v) is 9.16. The first-order chi connectivity index (χ1) is 7.01. The summed E-state index contributed by atoms with van der Waals surface area (Å²) in [4.78, 5) is 10.4. The third kappa shape index (κ3) is 1.64. The summed E-state index contributed by atoms with van der Waals surface area (Å²) in [6, 6.07) is -0.617. The molecular formula is C11H17N3O. The standard InChI is InChI=1S/C11H17N3O/c1-11(2)8-4-3-7(9(11)5-8)6-13-14-10(12)15/h3,6,8-9H,4-5H2,1-2H3,(H3,12,14,15)/b13-6-/t8-,9-/m1/s1. The lowest BCUT2D eigenvalue weighted by Gasteiger charge is -2.55. The first kappa shape index (κ1) is 10.2. The quantitative estimate of drug-likeness (QED) is 0.524. The molecule has 0 aromatic heterocycles. The van der Waals surface area contributed by atoms with Crippen molar-refractivity contribution in [2.45, 2.75) is 26.7 Å². The fourth-order valence-electron chi connectivity index (χ4n) is 2.72. The first-order valence-electron chi connectivity index (χ1n) is 5.30. The Hall–Kier alpha value is -1.32. The summed E-state index contributed by atoms with van der Waals surface area (Å²) in [5.41, 5.74) is 8.77. The van der Waals surface area contributed by atoms with Crippen molar-refractivity contribution < 1.29 is 4.79 Å². The van der Waals surface area contributed by atoms with E-state index in [2.05, 4.69) is 30.5 Å². The average molecular weight is 207 g/mol. The molecule has 0 aliphatic heterocycles. The van der Waals surface area contributed by atoms with Crippen molar-refractivity contribution in [3.05, 3.63) is 11.6 Å². The summed E-state index contributed by atoms with van der Waals surface area (Å²) in [6.07, 6.45) is 6.33. The van der Waals surface area contributed by atoms with Gasteiger partial charge in [-0.1, -0.05) is 19.9 Å². The van der Waals surface area contributed by atoms with E-state index in [1.54, 1.807) is 6.21 Å². The van der Waals surface area contributed by atoms with E-state index in [0.29, 0.717) is 11.3 Å². The molecule has 15 heavy (non-hydrogen) atoms. The highest BCUT2D eigenvalue weighted by molar-refractivity contribution is 5.82. The minimum atomic E-state index is -0.617. The topological polar surface area (TPSA) is 67.5 Å². The van der Waals surface area contributed by atoms with E-state index in [4.69, 9.17) is 5.73 Å². The van der Waals surface area contributed by atoms with Crippen LogP contribution in [0.3, 0.4) is 0 Å². The Morgan fingerprint density at radius 2 is 2.47 bits per heavy atom. The van der Waals surface area contributed by atoms with Crippen molar-refractivity contribution in [2.24, 2.45) is 28.1 Å². The molecule has 4 nitrogen and oxygen atoms in total.